The number of nitro groups is 1. The fourth-order valence-electron chi connectivity index (χ4n) is 3.29. The first-order valence-electron chi connectivity index (χ1n) is 10.5. The fourth-order valence-corrected chi connectivity index (χ4v) is 3.29. The molecule has 36 heavy (non-hydrogen) atoms. The minimum atomic E-state index is -0.663. The number of carbonyl (C=O) groups excluding carboxylic acids is 2. The third kappa shape index (κ3) is 5.20. The Kier molecular flexibility index (Phi) is 6.45. The molecule has 13 heteroatoms. The molecule has 0 aliphatic heterocycles. The predicted octanol–water partition coefficient (Wildman–Crippen LogP) is 3.32. The Balaban J connectivity index is 1.45. The van der Waals surface area contributed by atoms with E-state index in [1.807, 2.05) is 0 Å². The van der Waals surface area contributed by atoms with Gasteiger partial charge in [-0.3, -0.25) is 14.9 Å². The zero-order valence-corrected chi connectivity index (χ0v) is 18.8. The summed E-state index contributed by atoms with van der Waals surface area (Å²) in [5.41, 5.74) is 8.12. The quantitative estimate of drug-likeness (QED) is 0.200. The fraction of sp³-hybridized carbons (Fsp3) is 0.0435. The number of non-ortho nitro benzene ring substituents is 1. The van der Waals surface area contributed by atoms with E-state index in [9.17, 15) is 24.8 Å². The van der Waals surface area contributed by atoms with Crippen molar-refractivity contribution in [1.29, 1.82) is 0 Å². The van der Waals surface area contributed by atoms with E-state index in [0.717, 1.165) is 10.7 Å². The Morgan fingerprint density at radius 2 is 1.67 bits per heavy atom. The number of aromatic hydroxyl groups is 1. The molecule has 1 aromatic heterocycles. The molecular formula is C23H20N8O5. The normalized spacial score (nSPS) is 10.5. The molecule has 0 radical (unpaired) electrons. The highest BCUT2D eigenvalue weighted by Crippen LogP contribution is 2.30. The first kappa shape index (κ1) is 23.7. The first-order chi connectivity index (χ1) is 17.2. The van der Waals surface area contributed by atoms with Gasteiger partial charge < -0.3 is 26.8 Å². The van der Waals surface area contributed by atoms with Gasteiger partial charge in [-0.25, -0.2) is 4.79 Å². The number of anilines is 4. The number of phenolic OH excluding ortho intramolecular Hbond substituents is 1. The van der Waals surface area contributed by atoms with Gasteiger partial charge in [-0.15, -0.1) is 9.78 Å². The van der Waals surface area contributed by atoms with Gasteiger partial charge in [-0.1, -0.05) is 12.1 Å². The molecule has 1 heterocycles. The largest absolute Gasteiger partial charge is 0.508 e. The maximum absolute atomic E-state index is 12.7. The second-order valence-corrected chi connectivity index (χ2v) is 7.49. The van der Waals surface area contributed by atoms with Crippen LogP contribution in [0, 0.1) is 10.1 Å². The van der Waals surface area contributed by atoms with Crippen molar-refractivity contribution in [3.05, 3.63) is 82.4 Å². The molecule has 6 N–H and O–H groups in total. The lowest BCUT2D eigenvalue weighted by Crippen LogP contribution is -2.22. The summed E-state index contributed by atoms with van der Waals surface area (Å²) < 4.78 is 0.883. The predicted molar refractivity (Wildman–Crippen MR) is 132 cm³/mol. The van der Waals surface area contributed by atoms with Gasteiger partial charge in [0.05, 0.1) is 11.0 Å². The Labute approximate surface area is 203 Å². The van der Waals surface area contributed by atoms with Crippen molar-refractivity contribution < 1.29 is 19.6 Å². The maximum Gasteiger partial charge on any atom is 0.349 e. The lowest BCUT2D eigenvalue weighted by atomic mass is 10.0. The van der Waals surface area contributed by atoms with E-state index in [1.165, 1.54) is 19.2 Å². The number of nitrogens with two attached hydrogens (primary N) is 1. The van der Waals surface area contributed by atoms with Crippen molar-refractivity contribution in [2.75, 3.05) is 23.4 Å². The summed E-state index contributed by atoms with van der Waals surface area (Å²) in [6.07, 6.45) is 0. The van der Waals surface area contributed by atoms with Crippen LogP contribution >= 0.6 is 0 Å². The van der Waals surface area contributed by atoms with Gasteiger partial charge in [0.1, 0.15) is 5.75 Å². The molecule has 13 nitrogen and oxygen atoms in total. The van der Waals surface area contributed by atoms with Crippen molar-refractivity contribution in [3.63, 3.8) is 0 Å². The zero-order chi connectivity index (χ0) is 25.8. The molecule has 0 aliphatic carbocycles. The molecule has 3 aromatic carbocycles. The highest BCUT2D eigenvalue weighted by atomic mass is 16.6. The molecule has 0 atom stereocenters. The molecule has 182 valence electrons. The Morgan fingerprint density at radius 3 is 2.31 bits per heavy atom. The maximum atomic E-state index is 12.7. The minimum absolute atomic E-state index is 0.0798. The number of nitrogen functional groups attached to an aromatic ring is 1. The van der Waals surface area contributed by atoms with Crippen LogP contribution in [0.1, 0.15) is 10.4 Å². The van der Waals surface area contributed by atoms with Crippen LogP contribution in [0.2, 0.25) is 0 Å². The van der Waals surface area contributed by atoms with Gasteiger partial charge in [0.2, 0.25) is 11.9 Å². The molecule has 4 rings (SSSR count). The molecule has 4 aromatic rings. The molecule has 0 fully saturated rings. The number of nitrogens with zero attached hydrogens (tertiary/aromatic N) is 4. The Morgan fingerprint density at radius 1 is 1.00 bits per heavy atom. The van der Waals surface area contributed by atoms with Crippen LogP contribution in [-0.2, 0) is 0 Å². The number of phenols is 1. The van der Waals surface area contributed by atoms with Crippen LogP contribution < -0.4 is 21.7 Å². The van der Waals surface area contributed by atoms with E-state index in [2.05, 4.69) is 26.0 Å². The third-order valence-corrected chi connectivity index (χ3v) is 5.04. The van der Waals surface area contributed by atoms with Gasteiger partial charge >= 0.3 is 6.03 Å². The second kappa shape index (κ2) is 9.80. The molecule has 0 saturated heterocycles. The van der Waals surface area contributed by atoms with Crippen molar-refractivity contribution in [2.45, 2.75) is 0 Å². The summed E-state index contributed by atoms with van der Waals surface area (Å²) in [4.78, 5) is 38.8. The summed E-state index contributed by atoms with van der Waals surface area (Å²) in [5, 5.41) is 32.9. The van der Waals surface area contributed by atoms with E-state index in [-0.39, 0.29) is 29.2 Å². The monoisotopic (exact) mass is 488 g/mol. The van der Waals surface area contributed by atoms with Crippen molar-refractivity contribution >= 4 is 40.9 Å². The molecule has 0 saturated carbocycles. The number of carbonyl (C=O) groups is 2. The molecule has 0 spiro atoms. The van der Waals surface area contributed by atoms with E-state index in [1.54, 1.807) is 48.5 Å². The number of amides is 2. The van der Waals surface area contributed by atoms with Crippen molar-refractivity contribution in [3.8, 4) is 16.9 Å². The topological polar surface area (TPSA) is 190 Å². The summed E-state index contributed by atoms with van der Waals surface area (Å²) in [6.45, 7) is 0. The van der Waals surface area contributed by atoms with Crippen LogP contribution in [0.15, 0.2) is 66.7 Å². The van der Waals surface area contributed by atoms with Gasteiger partial charge in [0, 0.05) is 30.1 Å². The molecule has 0 aliphatic rings. The Bertz CT molecular complexity index is 1450. The zero-order valence-electron chi connectivity index (χ0n) is 18.8. The van der Waals surface area contributed by atoms with Crippen molar-refractivity contribution in [2.24, 2.45) is 0 Å². The van der Waals surface area contributed by atoms with Gasteiger partial charge in [-0.2, -0.15) is 4.98 Å². The number of nitrogens with one attached hydrogen (secondary N) is 3. The summed E-state index contributed by atoms with van der Waals surface area (Å²) >= 11 is 0. The van der Waals surface area contributed by atoms with Crippen LogP contribution in [0.5, 0.6) is 5.75 Å². The van der Waals surface area contributed by atoms with E-state index in [4.69, 9.17) is 5.73 Å². The second-order valence-electron chi connectivity index (χ2n) is 7.49. The molecular weight excluding hydrogens is 468 g/mol. The summed E-state index contributed by atoms with van der Waals surface area (Å²) in [6, 6.07) is 16.1. The standard InChI is InChI=1S/C23H20N8O5/c1-25-20(33)14-4-8-16(9-5-14)26-22-28-21(24)30(29-22)23(34)27-17-6-2-13(3-7-17)15-10-18(31(35)36)12-19(32)11-15/h2-12,32H,1H3,(H,25,33)(H,27,34)(H3,24,26,28,29). The van der Waals surface area contributed by atoms with Crippen LogP contribution in [0.3, 0.4) is 0 Å². The lowest BCUT2D eigenvalue weighted by molar-refractivity contribution is -0.384. The van der Waals surface area contributed by atoms with E-state index >= 15 is 0 Å². The first-order valence-corrected chi connectivity index (χ1v) is 10.5. The van der Waals surface area contributed by atoms with Crippen LogP contribution in [-0.4, -0.2) is 43.8 Å². The van der Waals surface area contributed by atoms with E-state index in [0.29, 0.717) is 28.1 Å². The van der Waals surface area contributed by atoms with Gasteiger partial charge in [0.15, 0.2) is 0 Å². The number of hydrogen-bond donors (Lipinski definition) is 5. The third-order valence-electron chi connectivity index (χ3n) is 5.04. The van der Waals surface area contributed by atoms with E-state index < -0.39 is 11.0 Å². The number of hydrogen-bond acceptors (Lipinski definition) is 9. The summed E-state index contributed by atoms with van der Waals surface area (Å²) in [5.74, 6) is -0.525. The van der Waals surface area contributed by atoms with Crippen LogP contribution in [0.4, 0.5) is 33.8 Å². The SMILES string of the molecule is CNC(=O)c1ccc(Nc2nc(N)n(C(=O)Nc3ccc(-c4cc(O)cc([N+](=O)[O-])c4)cc3)n2)cc1. The van der Waals surface area contributed by atoms with Crippen LogP contribution in [0.25, 0.3) is 11.1 Å². The smallest absolute Gasteiger partial charge is 0.349 e. The highest BCUT2D eigenvalue weighted by Gasteiger charge is 2.15. The highest BCUT2D eigenvalue weighted by molar-refractivity contribution is 5.94. The minimum Gasteiger partial charge on any atom is -0.508 e. The molecule has 2 amide bonds. The average Bonchev–Trinajstić information content (AvgIpc) is 3.24. The summed E-state index contributed by atoms with van der Waals surface area (Å²) in [7, 11) is 1.54. The molecule has 0 unspecified atom stereocenters. The van der Waals surface area contributed by atoms with Crippen molar-refractivity contribution in [1.82, 2.24) is 20.1 Å². The number of rotatable bonds is 6. The number of nitro benzene ring substituents is 1. The number of benzene rings is 3. The Hall–Kier alpha value is -5.46. The van der Waals surface area contributed by atoms with Gasteiger partial charge in [0.25, 0.3) is 11.6 Å². The average molecular weight is 488 g/mol. The number of aromatic nitrogens is 3. The van der Waals surface area contributed by atoms with Gasteiger partial charge in [-0.05, 0) is 53.6 Å². The lowest BCUT2D eigenvalue weighted by Gasteiger charge is -2.07. The molecule has 0 bridgehead atoms.